The third-order valence-electron chi connectivity index (χ3n) is 1.44. The van der Waals surface area contributed by atoms with Gasteiger partial charge in [-0.15, -0.1) is 0 Å². The largest absolute Gasteiger partial charge is 0.446 e. The van der Waals surface area contributed by atoms with Crippen molar-refractivity contribution < 1.29 is 17.2 Å². The lowest BCUT2D eigenvalue weighted by molar-refractivity contribution is 0.387. The Labute approximate surface area is 82.8 Å². The molecule has 4 nitrogen and oxygen atoms in total. The lowest BCUT2D eigenvalue weighted by atomic mass is 10.2. The third kappa shape index (κ3) is 3.59. The Kier molecular flexibility index (Phi) is 3.27. The maximum absolute atomic E-state index is 10.3. The van der Waals surface area contributed by atoms with Crippen molar-refractivity contribution in [2.45, 2.75) is 6.92 Å². The normalized spacial score (nSPS) is 11.9. The topological polar surface area (TPSA) is 63.6 Å². The van der Waals surface area contributed by atoms with E-state index in [1.807, 2.05) is 19.1 Å². The summed E-state index contributed by atoms with van der Waals surface area (Å²) in [4.78, 5) is 0. The van der Waals surface area contributed by atoms with E-state index < -0.39 is 10.4 Å². The van der Waals surface area contributed by atoms with Crippen LogP contribution in [0.4, 0.5) is 0 Å². The molecule has 0 radical (unpaired) electrons. The summed E-state index contributed by atoms with van der Waals surface area (Å²) < 4.78 is 33.3. The van der Waals surface area contributed by atoms with Crippen molar-refractivity contribution in [3.05, 3.63) is 35.9 Å². The zero-order valence-corrected chi connectivity index (χ0v) is 8.36. The Bertz CT molecular complexity index is 417. The summed E-state index contributed by atoms with van der Waals surface area (Å²) in [5.74, 6) is 0.0840. The zero-order chi connectivity index (χ0) is 10.6. The molecule has 0 bridgehead atoms. The predicted octanol–water partition coefficient (Wildman–Crippen LogP) is 1.90. The van der Waals surface area contributed by atoms with Crippen molar-refractivity contribution in [3.63, 3.8) is 0 Å². The van der Waals surface area contributed by atoms with E-state index in [1.165, 1.54) is 12.1 Å². The number of allylic oxidation sites excluding steroid dienone is 1. The first-order valence-electron chi connectivity index (χ1n) is 3.91. The molecule has 0 spiro atoms. The van der Waals surface area contributed by atoms with Gasteiger partial charge in [0.25, 0.3) is 0 Å². The van der Waals surface area contributed by atoms with Crippen molar-refractivity contribution >= 4 is 16.5 Å². The third-order valence-corrected chi connectivity index (χ3v) is 1.84. The molecule has 0 heterocycles. The van der Waals surface area contributed by atoms with Crippen LogP contribution in [0.3, 0.4) is 0 Å². The average molecular weight is 214 g/mol. The predicted molar refractivity (Wildman–Crippen MR) is 53.3 cm³/mol. The summed E-state index contributed by atoms with van der Waals surface area (Å²) >= 11 is 0. The molecule has 0 saturated heterocycles. The minimum absolute atomic E-state index is 0.0840. The molecule has 1 N–H and O–H groups in total. The summed E-state index contributed by atoms with van der Waals surface area (Å²) in [5.41, 5.74) is 0.926. The van der Waals surface area contributed by atoms with Crippen LogP contribution in [0.15, 0.2) is 30.3 Å². The van der Waals surface area contributed by atoms with E-state index in [1.54, 1.807) is 12.1 Å². The van der Waals surface area contributed by atoms with Crippen molar-refractivity contribution in [2.75, 3.05) is 0 Å². The van der Waals surface area contributed by atoms with E-state index in [2.05, 4.69) is 4.18 Å². The molecule has 0 aliphatic carbocycles. The summed E-state index contributed by atoms with van der Waals surface area (Å²) in [7, 11) is -4.42. The second-order valence-corrected chi connectivity index (χ2v) is 3.60. The first-order valence-corrected chi connectivity index (χ1v) is 5.27. The molecule has 0 aliphatic heterocycles. The highest BCUT2D eigenvalue weighted by Crippen LogP contribution is 2.14. The first-order chi connectivity index (χ1) is 6.51. The number of hydrogen-bond acceptors (Lipinski definition) is 3. The number of benzene rings is 1. The van der Waals surface area contributed by atoms with Gasteiger partial charge in [0.2, 0.25) is 0 Å². The molecule has 0 saturated carbocycles. The van der Waals surface area contributed by atoms with Crippen LogP contribution in [0.1, 0.15) is 12.5 Å². The smallest absolute Gasteiger partial charge is 0.362 e. The minimum atomic E-state index is -4.42. The molecule has 0 aliphatic rings. The summed E-state index contributed by atoms with van der Waals surface area (Å²) in [6, 6.07) is 6.28. The van der Waals surface area contributed by atoms with Gasteiger partial charge >= 0.3 is 10.4 Å². The molecular formula is C9H10O4S. The molecule has 1 rings (SSSR count). The van der Waals surface area contributed by atoms with E-state index in [-0.39, 0.29) is 5.75 Å². The number of hydrogen-bond donors (Lipinski definition) is 1. The fraction of sp³-hybridized carbons (Fsp3) is 0.111. The SMILES string of the molecule is CC=Cc1ccc(OS(=O)(=O)O)cc1. The zero-order valence-electron chi connectivity index (χ0n) is 7.54. The maximum atomic E-state index is 10.3. The van der Waals surface area contributed by atoms with Gasteiger partial charge < -0.3 is 4.18 Å². The molecule has 0 unspecified atom stereocenters. The van der Waals surface area contributed by atoms with Crippen LogP contribution in [-0.2, 0) is 10.4 Å². The highest BCUT2D eigenvalue weighted by Gasteiger charge is 2.05. The van der Waals surface area contributed by atoms with Gasteiger partial charge in [0.05, 0.1) is 0 Å². The maximum Gasteiger partial charge on any atom is 0.446 e. The van der Waals surface area contributed by atoms with Crippen molar-refractivity contribution in [3.8, 4) is 5.75 Å². The lowest BCUT2D eigenvalue weighted by Gasteiger charge is -2.00. The monoisotopic (exact) mass is 214 g/mol. The van der Waals surface area contributed by atoms with Crippen LogP contribution in [0.25, 0.3) is 6.08 Å². The highest BCUT2D eigenvalue weighted by atomic mass is 32.3. The van der Waals surface area contributed by atoms with Gasteiger partial charge in [-0.3, -0.25) is 4.55 Å². The van der Waals surface area contributed by atoms with Crippen LogP contribution in [-0.4, -0.2) is 13.0 Å². The molecule has 0 atom stereocenters. The van der Waals surface area contributed by atoms with Gasteiger partial charge in [-0.25, -0.2) is 0 Å². The van der Waals surface area contributed by atoms with E-state index in [9.17, 15) is 8.42 Å². The molecule has 1 aromatic carbocycles. The van der Waals surface area contributed by atoms with Crippen LogP contribution in [0.5, 0.6) is 5.75 Å². The second-order valence-electron chi connectivity index (χ2n) is 2.58. The van der Waals surface area contributed by atoms with Gasteiger partial charge in [0.15, 0.2) is 0 Å². The van der Waals surface area contributed by atoms with Crippen molar-refractivity contribution in [1.29, 1.82) is 0 Å². The molecule has 1 aromatic rings. The Balaban J connectivity index is 2.84. The van der Waals surface area contributed by atoms with Crippen LogP contribution in [0.2, 0.25) is 0 Å². The van der Waals surface area contributed by atoms with E-state index in [4.69, 9.17) is 4.55 Å². The van der Waals surface area contributed by atoms with Crippen LogP contribution >= 0.6 is 0 Å². The van der Waals surface area contributed by atoms with Crippen LogP contribution in [0, 0.1) is 0 Å². The Morgan fingerprint density at radius 3 is 2.29 bits per heavy atom. The average Bonchev–Trinajstić information content (AvgIpc) is 2.06. The van der Waals surface area contributed by atoms with Gasteiger partial charge in [-0.2, -0.15) is 8.42 Å². The molecule has 0 aromatic heterocycles. The Morgan fingerprint density at radius 2 is 1.86 bits per heavy atom. The van der Waals surface area contributed by atoms with Gasteiger partial charge in [-0.05, 0) is 24.6 Å². The summed E-state index contributed by atoms with van der Waals surface area (Å²) in [5, 5.41) is 0. The van der Waals surface area contributed by atoms with Gasteiger partial charge in [0.1, 0.15) is 5.75 Å². The molecule has 14 heavy (non-hydrogen) atoms. The van der Waals surface area contributed by atoms with Gasteiger partial charge in [0, 0.05) is 0 Å². The Morgan fingerprint density at radius 1 is 1.29 bits per heavy atom. The number of rotatable bonds is 3. The molecule has 0 amide bonds. The fourth-order valence-corrected chi connectivity index (χ4v) is 1.30. The second kappa shape index (κ2) is 4.26. The van der Waals surface area contributed by atoms with Crippen molar-refractivity contribution in [1.82, 2.24) is 0 Å². The van der Waals surface area contributed by atoms with E-state index in [0.717, 1.165) is 5.56 Å². The lowest BCUT2D eigenvalue weighted by Crippen LogP contribution is -2.06. The molecule has 76 valence electrons. The van der Waals surface area contributed by atoms with Crippen molar-refractivity contribution in [2.24, 2.45) is 0 Å². The standard InChI is InChI=1S/C9H10O4S/c1-2-3-8-4-6-9(7-5-8)13-14(10,11)12/h2-7H,1H3,(H,10,11,12). The molecular weight excluding hydrogens is 204 g/mol. The van der Waals surface area contributed by atoms with E-state index >= 15 is 0 Å². The highest BCUT2D eigenvalue weighted by molar-refractivity contribution is 7.81. The fourth-order valence-electron chi connectivity index (χ4n) is 0.949. The summed E-state index contributed by atoms with van der Waals surface area (Å²) in [6.45, 7) is 1.88. The van der Waals surface area contributed by atoms with E-state index in [0.29, 0.717) is 0 Å². The molecule has 5 heteroatoms. The minimum Gasteiger partial charge on any atom is -0.362 e. The molecule has 0 fully saturated rings. The van der Waals surface area contributed by atoms with Crippen LogP contribution < -0.4 is 4.18 Å². The summed E-state index contributed by atoms with van der Waals surface area (Å²) in [6.07, 6.45) is 3.72. The first kappa shape index (κ1) is 10.7. The van der Waals surface area contributed by atoms with Gasteiger partial charge in [-0.1, -0.05) is 24.3 Å². The Hall–Kier alpha value is -1.33. The quantitative estimate of drug-likeness (QED) is 0.780.